The number of nitrogens with one attached hydrogen (secondary N) is 1. The predicted octanol–water partition coefficient (Wildman–Crippen LogP) is 4.32. The van der Waals surface area contributed by atoms with Gasteiger partial charge in [-0.3, -0.25) is 19.5 Å². The number of carbonyl (C=O) groups excluding carboxylic acids is 2. The number of amides is 2. The highest BCUT2D eigenvalue weighted by molar-refractivity contribution is 6.11. The second kappa shape index (κ2) is 8.13. The minimum Gasteiger partial charge on any atom is -0.353 e. The van der Waals surface area contributed by atoms with Crippen molar-refractivity contribution in [3.63, 3.8) is 0 Å². The molecule has 4 rings (SSSR count). The van der Waals surface area contributed by atoms with Crippen LogP contribution in [0, 0.1) is 6.92 Å². The first-order valence-electron chi connectivity index (χ1n) is 10.3. The summed E-state index contributed by atoms with van der Waals surface area (Å²) in [5, 5.41) is 3.21. The largest absolute Gasteiger partial charge is 0.353 e. The molecule has 1 atom stereocenters. The third-order valence-electron chi connectivity index (χ3n) is 5.79. The van der Waals surface area contributed by atoms with Gasteiger partial charge in [0.05, 0.1) is 23.7 Å². The molecule has 5 nitrogen and oxygen atoms in total. The van der Waals surface area contributed by atoms with E-state index < -0.39 is 0 Å². The van der Waals surface area contributed by atoms with Gasteiger partial charge in [-0.25, -0.2) is 0 Å². The lowest BCUT2D eigenvalue weighted by Gasteiger charge is -2.26. The van der Waals surface area contributed by atoms with E-state index in [4.69, 9.17) is 0 Å². The van der Waals surface area contributed by atoms with E-state index in [0.717, 1.165) is 24.1 Å². The van der Waals surface area contributed by atoms with E-state index in [0.29, 0.717) is 11.3 Å². The standard InChI is InChI=1S/C23H27N3O2/c1-16-8-6-11-18(14-16)26-20(22-19(23(26)28)12-7-13-24-22)15-21(27)25-17-9-4-2-3-5-10-17/h6-8,11-14,17,20H,2-5,9-10,15H2,1H3,(H,25,27)/t20-/m1/s1. The molecule has 1 aliphatic carbocycles. The van der Waals surface area contributed by atoms with Crippen molar-refractivity contribution in [2.24, 2.45) is 0 Å². The van der Waals surface area contributed by atoms with E-state index in [1.54, 1.807) is 23.2 Å². The highest BCUT2D eigenvalue weighted by atomic mass is 16.2. The molecule has 146 valence electrons. The van der Waals surface area contributed by atoms with Crippen molar-refractivity contribution >= 4 is 17.5 Å². The van der Waals surface area contributed by atoms with Gasteiger partial charge in [0.1, 0.15) is 0 Å². The highest BCUT2D eigenvalue weighted by Crippen LogP contribution is 2.38. The van der Waals surface area contributed by atoms with Gasteiger partial charge < -0.3 is 5.32 Å². The van der Waals surface area contributed by atoms with Crippen molar-refractivity contribution in [3.8, 4) is 0 Å². The number of aryl methyl sites for hydroxylation is 1. The zero-order chi connectivity index (χ0) is 19.5. The first-order valence-corrected chi connectivity index (χ1v) is 10.3. The number of hydrogen-bond acceptors (Lipinski definition) is 3. The molecule has 0 unspecified atom stereocenters. The molecule has 2 aromatic rings. The lowest BCUT2D eigenvalue weighted by molar-refractivity contribution is -0.122. The average molecular weight is 377 g/mol. The average Bonchev–Trinajstić information content (AvgIpc) is 2.84. The van der Waals surface area contributed by atoms with Crippen LogP contribution in [0.4, 0.5) is 5.69 Å². The Morgan fingerprint density at radius 1 is 1.14 bits per heavy atom. The first-order chi connectivity index (χ1) is 13.6. The molecule has 1 fully saturated rings. The van der Waals surface area contributed by atoms with Gasteiger partial charge in [-0.1, -0.05) is 37.8 Å². The van der Waals surface area contributed by atoms with Gasteiger partial charge in [-0.2, -0.15) is 0 Å². The lowest BCUT2D eigenvalue weighted by atomic mass is 10.1. The summed E-state index contributed by atoms with van der Waals surface area (Å²) in [6.45, 7) is 2.00. The molecule has 2 amide bonds. The molecule has 1 aromatic heterocycles. The minimum absolute atomic E-state index is 0.000793. The fourth-order valence-electron chi connectivity index (χ4n) is 4.41. The maximum atomic E-state index is 13.1. The molecule has 2 aliphatic rings. The van der Waals surface area contributed by atoms with Crippen LogP contribution >= 0.6 is 0 Å². The summed E-state index contributed by atoms with van der Waals surface area (Å²) in [4.78, 5) is 32.1. The Morgan fingerprint density at radius 3 is 2.68 bits per heavy atom. The number of carbonyl (C=O) groups is 2. The fraction of sp³-hybridized carbons (Fsp3) is 0.435. The van der Waals surface area contributed by atoms with Gasteiger partial charge >= 0.3 is 0 Å². The summed E-state index contributed by atoms with van der Waals surface area (Å²) >= 11 is 0. The maximum Gasteiger partial charge on any atom is 0.260 e. The van der Waals surface area contributed by atoms with Crippen LogP contribution in [0.25, 0.3) is 0 Å². The lowest BCUT2D eigenvalue weighted by Crippen LogP contribution is -2.38. The summed E-state index contributed by atoms with van der Waals surface area (Å²) in [5.41, 5.74) is 3.19. The molecule has 2 heterocycles. The van der Waals surface area contributed by atoms with Crippen molar-refractivity contribution in [3.05, 3.63) is 59.4 Å². The van der Waals surface area contributed by atoms with Crippen LogP contribution in [0.3, 0.4) is 0 Å². The molecule has 28 heavy (non-hydrogen) atoms. The van der Waals surface area contributed by atoms with E-state index in [1.807, 2.05) is 31.2 Å². The number of fused-ring (bicyclic) bond motifs is 1. The highest BCUT2D eigenvalue weighted by Gasteiger charge is 2.40. The van der Waals surface area contributed by atoms with Crippen LogP contribution in [0.2, 0.25) is 0 Å². The van der Waals surface area contributed by atoms with Crippen molar-refractivity contribution in [1.29, 1.82) is 0 Å². The molecule has 0 bridgehead atoms. The summed E-state index contributed by atoms with van der Waals surface area (Å²) < 4.78 is 0. The van der Waals surface area contributed by atoms with Crippen LogP contribution in [0.5, 0.6) is 0 Å². The smallest absolute Gasteiger partial charge is 0.260 e. The zero-order valence-corrected chi connectivity index (χ0v) is 16.4. The summed E-state index contributed by atoms with van der Waals surface area (Å²) in [7, 11) is 0. The van der Waals surface area contributed by atoms with Gasteiger partial charge in [0, 0.05) is 17.9 Å². The van der Waals surface area contributed by atoms with Crippen molar-refractivity contribution in [2.75, 3.05) is 4.90 Å². The fourth-order valence-corrected chi connectivity index (χ4v) is 4.41. The normalized spacial score (nSPS) is 20.0. The maximum absolute atomic E-state index is 13.1. The van der Waals surface area contributed by atoms with Crippen LogP contribution in [0.1, 0.15) is 72.6 Å². The zero-order valence-electron chi connectivity index (χ0n) is 16.4. The van der Waals surface area contributed by atoms with Crippen LogP contribution in [-0.4, -0.2) is 22.8 Å². The van der Waals surface area contributed by atoms with E-state index in [9.17, 15) is 9.59 Å². The number of benzene rings is 1. The third-order valence-corrected chi connectivity index (χ3v) is 5.79. The minimum atomic E-state index is -0.365. The second-order valence-corrected chi connectivity index (χ2v) is 7.93. The van der Waals surface area contributed by atoms with Crippen molar-refractivity contribution in [1.82, 2.24) is 10.3 Å². The Bertz CT molecular complexity index is 872. The Morgan fingerprint density at radius 2 is 1.93 bits per heavy atom. The van der Waals surface area contributed by atoms with Crippen LogP contribution in [-0.2, 0) is 4.79 Å². The van der Waals surface area contributed by atoms with Crippen LogP contribution < -0.4 is 10.2 Å². The number of hydrogen-bond donors (Lipinski definition) is 1. The van der Waals surface area contributed by atoms with Gasteiger partial charge in [0.2, 0.25) is 5.91 Å². The van der Waals surface area contributed by atoms with Crippen LogP contribution in [0.15, 0.2) is 42.6 Å². The van der Waals surface area contributed by atoms with Gasteiger partial charge in [-0.05, 0) is 49.6 Å². The predicted molar refractivity (Wildman–Crippen MR) is 109 cm³/mol. The quantitative estimate of drug-likeness (QED) is 0.807. The Balaban J connectivity index is 1.58. The van der Waals surface area contributed by atoms with Gasteiger partial charge in [-0.15, -0.1) is 0 Å². The molecular formula is C23H27N3O2. The van der Waals surface area contributed by atoms with Crippen molar-refractivity contribution in [2.45, 2.75) is 64.0 Å². The van der Waals surface area contributed by atoms with Gasteiger partial charge in [0.15, 0.2) is 0 Å². The van der Waals surface area contributed by atoms with E-state index in [-0.39, 0.29) is 30.3 Å². The number of pyridine rings is 1. The Hall–Kier alpha value is -2.69. The monoisotopic (exact) mass is 377 g/mol. The number of rotatable bonds is 4. The van der Waals surface area contributed by atoms with Gasteiger partial charge in [0.25, 0.3) is 5.91 Å². The molecular weight excluding hydrogens is 350 g/mol. The molecule has 1 saturated carbocycles. The molecule has 1 aromatic carbocycles. The number of nitrogens with zero attached hydrogens (tertiary/aromatic N) is 2. The molecule has 1 aliphatic heterocycles. The number of anilines is 1. The Kier molecular flexibility index (Phi) is 5.42. The summed E-state index contributed by atoms with van der Waals surface area (Å²) in [6.07, 6.45) is 8.88. The molecule has 0 spiro atoms. The Labute approximate surface area is 166 Å². The molecule has 1 N–H and O–H groups in total. The molecule has 0 saturated heterocycles. The van der Waals surface area contributed by atoms with E-state index >= 15 is 0 Å². The topological polar surface area (TPSA) is 62.3 Å². The molecule has 5 heteroatoms. The summed E-state index contributed by atoms with van der Waals surface area (Å²) in [6, 6.07) is 11.3. The molecule has 0 radical (unpaired) electrons. The van der Waals surface area contributed by atoms with Crippen molar-refractivity contribution < 1.29 is 9.59 Å². The SMILES string of the molecule is Cc1cccc(N2C(=O)c3cccnc3[C@H]2CC(=O)NC2CCCCCC2)c1. The van der Waals surface area contributed by atoms with E-state index in [1.165, 1.54) is 25.7 Å². The summed E-state index contributed by atoms with van der Waals surface area (Å²) in [5.74, 6) is -0.0816. The number of aromatic nitrogens is 1. The van der Waals surface area contributed by atoms with E-state index in [2.05, 4.69) is 10.3 Å². The second-order valence-electron chi connectivity index (χ2n) is 7.93. The third kappa shape index (κ3) is 3.79. The first kappa shape index (κ1) is 18.7.